The van der Waals surface area contributed by atoms with Gasteiger partial charge in [0.1, 0.15) is 5.69 Å². The Balaban J connectivity index is 1.64. The third-order valence-electron chi connectivity index (χ3n) is 5.02. The lowest BCUT2D eigenvalue weighted by molar-refractivity contribution is 0.0374. The lowest BCUT2D eigenvalue weighted by Gasteiger charge is -2.26. The van der Waals surface area contributed by atoms with Crippen LogP contribution in [-0.2, 0) is 18.3 Å². The van der Waals surface area contributed by atoms with Crippen molar-refractivity contribution in [1.29, 1.82) is 0 Å². The Kier molecular flexibility index (Phi) is 6.34. The van der Waals surface area contributed by atoms with Gasteiger partial charge in [0.2, 0.25) is 0 Å². The zero-order chi connectivity index (χ0) is 19.4. The second-order valence-corrected chi connectivity index (χ2v) is 7.62. The molecular formula is C20H30N4O3. The van der Waals surface area contributed by atoms with E-state index in [2.05, 4.69) is 24.1 Å². The van der Waals surface area contributed by atoms with Crippen LogP contribution >= 0.6 is 0 Å². The Hall–Kier alpha value is -2.12. The average molecular weight is 374 g/mol. The van der Waals surface area contributed by atoms with E-state index in [-0.39, 0.29) is 11.5 Å². The summed E-state index contributed by atoms with van der Waals surface area (Å²) in [5.41, 5.74) is 1.28. The Labute approximate surface area is 159 Å². The summed E-state index contributed by atoms with van der Waals surface area (Å²) in [6.45, 7) is 9.91. The van der Waals surface area contributed by atoms with Crippen molar-refractivity contribution in [3.63, 3.8) is 0 Å². The molecule has 0 aliphatic carbocycles. The number of hydrogen-bond donors (Lipinski definition) is 1. The van der Waals surface area contributed by atoms with Gasteiger partial charge in [-0.1, -0.05) is 13.8 Å². The van der Waals surface area contributed by atoms with Crippen LogP contribution in [0.3, 0.4) is 0 Å². The van der Waals surface area contributed by atoms with Gasteiger partial charge in [-0.15, -0.1) is 0 Å². The summed E-state index contributed by atoms with van der Waals surface area (Å²) < 4.78 is 8.86. The molecule has 1 fully saturated rings. The zero-order valence-corrected chi connectivity index (χ0v) is 16.5. The number of amides is 1. The van der Waals surface area contributed by atoms with Crippen LogP contribution in [0, 0.1) is 5.92 Å². The van der Waals surface area contributed by atoms with E-state index in [4.69, 9.17) is 4.74 Å². The van der Waals surface area contributed by atoms with E-state index in [1.807, 2.05) is 19.3 Å². The van der Waals surface area contributed by atoms with Crippen molar-refractivity contribution in [1.82, 2.24) is 19.4 Å². The molecule has 3 rings (SSSR count). The summed E-state index contributed by atoms with van der Waals surface area (Å²) in [5.74, 6) is 0.253. The molecule has 7 nitrogen and oxygen atoms in total. The number of nitrogens with one attached hydrogen (secondary N) is 1. The van der Waals surface area contributed by atoms with Crippen LogP contribution in [0.2, 0.25) is 0 Å². The summed E-state index contributed by atoms with van der Waals surface area (Å²) in [5, 5.41) is 3.58. The summed E-state index contributed by atoms with van der Waals surface area (Å²) in [6, 6.07) is 3.63. The Morgan fingerprint density at radius 2 is 2.04 bits per heavy atom. The molecule has 2 aromatic rings. The predicted octanol–water partition coefficient (Wildman–Crippen LogP) is 1.45. The molecule has 0 radical (unpaired) electrons. The molecule has 0 saturated carbocycles. The van der Waals surface area contributed by atoms with Gasteiger partial charge >= 0.3 is 0 Å². The summed E-state index contributed by atoms with van der Waals surface area (Å²) in [6.07, 6.45) is 2.71. The minimum atomic E-state index is -0.134. The number of nitrogens with zero attached hydrogens (tertiary/aromatic N) is 3. The van der Waals surface area contributed by atoms with Crippen LogP contribution in [0.5, 0.6) is 0 Å². The van der Waals surface area contributed by atoms with E-state index < -0.39 is 0 Å². The highest BCUT2D eigenvalue weighted by molar-refractivity contribution is 5.98. The number of hydrogen-bond acceptors (Lipinski definition) is 4. The van der Waals surface area contributed by atoms with Gasteiger partial charge in [-0.05, 0) is 31.0 Å². The van der Waals surface area contributed by atoms with Gasteiger partial charge in [0, 0.05) is 39.4 Å². The lowest BCUT2D eigenvalue weighted by atomic mass is 10.2. The van der Waals surface area contributed by atoms with Gasteiger partial charge in [0.15, 0.2) is 0 Å². The quantitative estimate of drug-likeness (QED) is 0.745. The largest absolute Gasteiger partial charge is 0.379 e. The van der Waals surface area contributed by atoms with Gasteiger partial charge in [0.05, 0.1) is 24.1 Å². The third-order valence-corrected chi connectivity index (χ3v) is 5.02. The number of carbonyl (C=O) groups is 1. The SMILES string of the molecule is CC(C)Cn1ccc2c(cc(C(=O)NCCCN3CCOCC3)n2C)c1=O. The van der Waals surface area contributed by atoms with Gasteiger partial charge in [0.25, 0.3) is 11.5 Å². The molecule has 1 N–H and O–H groups in total. The summed E-state index contributed by atoms with van der Waals surface area (Å²) >= 11 is 0. The van der Waals surface area contributed by atoms with E-state index in [1.54, 1.807) is 15.2 Å². The van der Waals surface area contributed by atoms with Crippen LogP contribution < -0.4 is 10.9 Å². The maximum absolute atomic E-state index is 12.7. The van der Waals surface area contributed by atoms with Crippen LogP contribution in [-0.4, -0.2) is 59.3 Å². The molecule has 27 heavy (non-hydrogen) atoms. The number of fused-ring (bicyclic) bond motifs is 1. The summed E-state index contributed by atoms with van der Waals surface area (Å²) in [7, 11) is 1.83. The molecule has 148 valence electrons. The highest BCUT2D eigenvalue weighted by atomic mass is 16.5. The van der Waals surface area contributed by atoms with Crippen LogP contribution in [0.25, 0.3) is 10.9 Å². The topological polar surface area (TPSA) is 68.5 Å². The monoisotopic (exact) mass is 374 g/mol. The Morgan fingerprint density at radius 3 is 2.74 bits per heavy atom. The molecule has 0 atom stereocenters. The van der Waals surface area contributed by atoms with E-state index in [0.29, 0.717) is 30.1 Å². The number of pyridine rings is 1. The number of rotatable bonds is 7. The second-order valence-electron chi connectivity index (χ2n) is 7.62. The molecule has 3 heterocycles. The molecule has 1 saturated heterocycles. The molecule has 0 aromatic carbocycles. The number of aromatic nitrogens is 2. The molecule has 0 unspecified atom stereocenters. The van der Waals surface area contributed by atoms with Gasteiger partial charge in [-0.25, -0.2) is 0 Å². The standard InChI is InChI=1S/C20H30N4O3/c1-15(2)14-24-8-5-17-16(20(24)26)13-18(22(17)3)19(25)21-6-4-7-23-9-11-27-12-10-23/h5,8,13,15H,4,6-7,9-12,14H2,1-3H3,(H,21,25). The van der Waals surface area contributed by atoms with Gasteiger partial charge in [-0.2, -0.15) is 0 Å². The molecule has 7 heteroatoms. The predicted molar refractivity (Wildman–Crippen MR) is 106 cm³/mol. The first-order chi connectivity index (χ1) is 13.0. The number of aryl methyl sites for hydroxylation is 1. The fourth-order valence-electron chi connectivity index (χ4n) is 3.55. The smallest absolute Gasteiger partial charge is 0.267 e. The van der Waals surface area contributed by atoms with Crippen molar-refractivity contribution in [3.05, 3.63) is 34.4 Å². The van der Waals surface area contributed by atoms with Gasteiger partial charge < -0.3 is 19.2 Å². The average Bonchev–Trinajstić information content (AvgIpc) is 2.99. The first-order valence-electron chi connectivity index (χ1n) is 9.74. The van der Waals surface area contributed by atoms with Crippen molar-refractivity contribution in [2.45, 2.75) is 26.8 Å². The third kappa shape index (κ3) is 4.59. The maximum Gasteiger partial charge on any atom is 0.267 e. The fraction of sp³-hybridized carbons (Fsp3) is 0.600. The molecule has 2 aromatic heterocycles. The normalized spacial score (nSPS) is 15.6. The maximum atomic E-state index is 12.7. The first kappa shape index (κ1) is 19.6. The minimum Gasteiger partial charge on any atom is -0.379 e. The van der Waals surface area contributed by atoms with Crippen LogP contribution in [0.15, 0.2) is 23.1 Å². The Bertz CT molecular complexity index is 847. The van der Waals surface area contributed by atoms with E-state index in [0.717, 1.165) is 44.8 Å². The number of ether oxygens (including phenoxy) is 1. The zero-order valence-electron chi connectivity index (χ0n) is 16.5. The molecule has 1 aliphatic heterocycles. The Morgan fingerprint density at radius 1 is 1.30 bits per heavy atom. The highest BCUT2D eigenvalue weighted by Crippen LogP contribution is 2.15. The molecule has 1 aliphatic rings. The van der Waals surface area contributed by atoms with Gasteiger partial charge in [-0.3, -0.25) is 14.5 Å². The van der Waals surface area contributed by atoms with E-state index >= 15 is 0 Å². The van der Waals surface area contributed by atoms with Crippen molar-refractivity contribution in [3.8, 4) is 0 Å². The molecular weight excluding hydrogens is 344 g/mol. The van der Waals surface area contributed by atoms with Crippen molar-refractivity contribution in [2.75, 3.05) is 39.4 Å². The highest BCUT2D eigenvalue weighted by Gasteiger charge is 2.16. The molecule has 0 bridgehead atoms. The summed E-state index contributed by atoms with van der Waals surface area (Å²) in [4.78, 5) is 27.6. The molecule has 0 spiro atoms. The second kappa shape index (κ2) is 8.71. The first-order valence-corrected chi connectivity index (χ1v) is 9.74. The minimum absolute atomic E-state index is 0.0387. The molecule has 1 amide bonds. The van der Waals surface area contributed by atoms with Crippen LogP contribution in [0.1, 0.15) is 30.8 Å². The van der Waals surface area contributed by atoms with Crippen molar-refractivity contribution < 1.29 is 9.53 Å². The van der Waals surface area contributed by atoms with E-state index in [1.165, 1.54) is 0 Å². The van der Waals surface area contributed by atoms with E-state index in [9.17, 15) is 9.59 Å². The van der Waals surface area contributed by atoms with Crippen molar-refractivity contribution in [2.24, 2.45) is 13.0 Å². The lowest BCUT2D eigenvalue weighted by Crippen LogP contribution is -2.38. The van der Waals surface area contributed by atoms with Crippen LogP contribution in [0.4, 0.5) is 0 Å². The van der Waals surface area contributed by atoms with Crippen molar-refractivity contribution >= 4 is 16.8 Å². The number of morpholine rings is 1. The number of carbonyl (C=O) groups excluding carboxylic acids is 1. The fourth-order valence-corrected chi connectivity index (χ4v) is 3.55.